The van der Waals surface area contributed by atoms with E-state index in [2.05, 4.69) is 0 Å². The van der Waals surface area contributed by atoms with Gasteiger partial charge < -0.3 is 10.0 Å². The summed E-state index contributed by atoms with van der Waals surface area (Å²) in [7, 11) is 1.50. The summed E-state index contributed by atoms with van der Waals surface area (Å²) in [5.74, 6) is -1.40. The summed E-state index contributed by atoms with van der Waals surface area (Å²) >= 11 is 0. The van der Waals surface area contributed by atoms with Gasteiger partial charge in [-0.1, -0.05) is 12.1 Å². The third-order valence-electron chi connectivity index (χ3n) is 3.53. The summed E-state index contributed by atoms with van der Waals surface area (Å²) in [6.45, 7) is 0.509. The highest BCUT2D eigenvalue weighted by atomic mass is 19.1. The van der Waals surface area contributed by atoms with E-state index in [1.807, 2.05) is 0 Å². The Balaban J connectivity index is 2.14. The number of halogens is 1. The third kappa shape index (κ3) is 2.89. The normalized spacial score (nSPS) is 18.1. The van der Waals surface area contributed by atoms with Gasteiger partial charge in [0.1, 0.15) is 5.82 Å². The van der Waals surface area contributed by atoms with Crippen LogP contribution in [-0.4, -0.2) is 41.6 Å². The zero-order valence-corrected chi connectivity index (χ0v) is 11.3. The van der Waals surface area contributed by atoms with Gasteiger partial charge in [0.15, 0.2) is 0 Å². The number of likely N-dealkylation sites (tertiary alicyclic amines) is 1. The zero-order chi connectivity index (χ0) is 14.7. The maximum absolute atomic E-state index is 13.7. The number of rotatable bonds is 3. The van der Waals surface area contributed by atoms with Gasteiger partial charge in [-0.25, -0.2) is 9.18 Å². The molecule has 1 fully saturated rings. The molecule has 1 atom stereocenters. The predicted molar refractivity (Wildman–Crippen MR) is 72.2 cm³/mol. The molecule has 1 saturated heterocycles. The van der Waals surface area contributed by atoms with Crippen LogP contribution in [0.25, 0.3) is 0 Å². The van der Waals surface area contributed by atoms with Crippen LogP contribution in [0.4, 0.5) is 14.9 Å². The van der Waals surface area contributed by atoms with Crippen molar-refractivity contribution in [1.29, 1.82) is 0 Å². The first-order chi connectivity index (χ1) is 9.50. The van der Waals surface area contributed by atoms with Gasteiger partial charge in [-0.05, 0) is 25.0 Å². The van der Waals surface area contributed by atoms with Crippen LogP contribution in [0, 0.1) is 5.82 Å². The van der Waals surface area contributed by atoms with Crippen molar-refractivity contribution in [1.82, 2.24) is 4.90 Å². The molecule has 0 aliphatic carbocycles. The number of anilines is 1. The van der Waals surface area contributed by atoms with Crippen LogP contribution in [0.15, 0.2) is 24.3 Å². The Morgan fingerprint density at radius 3 is 2.80 bits per heavy atom. The fraction of sp³-hybridized carbons (Fsp3) is 0.429. The molecule has 1 N–H and O–H groups in total. The number of urea groups is 1. The van der Waals surface area contributed by atoms with Gasteiger partial charge in [-0.2, -0.15) is 0 Å². The number of hydrogen-bond donors (Lipinski definition) is 1. The molecule has 0 radical (unpaired) electrons. The van der Waals surface area contributed by atoms with E-state index in [0.29, 0.717) is 13.0 Å². The number of amides is 2. The average Bonchev–Trinajstić information content (AvgIpc) is 2.85. The SMILES string of the molecule is CN(C(=O)N1CCCC1CC(=O)O)c1ccccc1F. The molecule has 1 aromatic carbocycles. The molecule has 1 aromatic rings. The van der Waals surface area contributed by atoms with Crippen LogP contribution < -0.4 is 4.90 Å². The number of carboxylic acid groups (broad SMARTS) is 1. The minimum absolute atomic E-state index is 0.0726. The van der Waals surface area contributed by atoms with Crippen LogP contribution >= 0.6 is 0 Å². The molecular weight excluding hydrogens is 263 g/mol. The first kappa shape index (κ1) is 14.3. The van der Waals surface area contributed by atoms with E-state index in [1.54, 1.807) is 12.1 Å². The van der Waals surface area contributed by atoms with E-state index >= 15 is 0 Å². The molecule has 2 amide bonds. The summed E-state index contributed by atoms with van der Waals surface area (Å²) in [6.07, 6.45) is 1.37. The third-order valence-corrected chi connectivity index (χ3v) is 3.53. The number of para-hydroxylation sites is 1. The van der Waals surface area contributed by atoms with Gasteiger partial charge in [0.05, 0.1) is 12.1 Å². The summed E-state index contributed by atoms with van der Waals surface area (Å²) in [5.41, 5.74) is 0.193. The Morgan fingerprint density at radius 2 is 2.15 bits per heavy atom. The van der Waals surface area contributed by atoms with Crippen LogP contribution in [0.1, 0.15) is 19.3 Å². The lowest BCUT2D eigenvalue weighted by molar-refractivity contribution is -0.137. The Kier molecular flexibility index (Phi) is 4.22. The van der Waals surface area contributed by atoms with Crippen molar-refractivity contribution in [3.05, 3.63) is 30.1 Å². The molecule has 0 saturated carbocycles. The minimum Gasteiger partial charge on any atom is -0.481 e. The molecule has 1 aliphatic rings. The Bertz CT molecular complexity index is 521. The summed E-state index contributed by atoms with van der Waals surface area (Å²) in [5, 5.41) is 8.86. The van der Waals surface area contributed by atoms with Crippen LogP contribution in [-0.2, 0) is 4.79 Å². The van der Waals surface area contributed by atoms with E-state index in [0.717, 1.165) is 6.42 Å². The van der Waals surface area contributed by atoms with Crippen molar-refractivity contribution < 1.29 is 19.1 Å². The largest absolute Gasteiger partial charge is 0.481 e. The Morgan fingerprint density at radius 1 is 1.45 bits per heavy atom. The van der Waals surface area contributed by atoms with Crippen molar-refractivity contribution in [3.63, 3.8) is 0 Å². The highest BCUT2D eigenvalue weighted by Crippen LogP contribution is 2.24. The zero-order valence-electron chi connectivity index (χ0n) is 11.3. The summed E-state index contributed by atoms with van der Waals surface area (Å²) in [4.78, 5) is 25.9. The molecule has 1 heterocycles. The van der Waals surface area contributed by atoms with Gasteiger partial charge in [0, 0.05) is 19.6 Å². The molecule has 5 nitrogen and oxygen atoms in total. The van der Waals surface area contributed by atoms with Crippen molar-refractivity contribution in [2.75, 3.05) is 18.5 Å². The lowest BCUT2D eigenvalue weighted by Gasteiger charge is -2.29. The van der Waals surface area contributed by atoms with E-state index < -0.39 is 11.8 Å². The van der Waals surface area contributed by atoms with Crippen LogP contribution in [0.2, 0.25) is 0 Å². The van der Waals surface area contributed by atoms with E-state index in [9.17, 15) is 14.0 Å². The first-order valence-electron chi connectivity index (χ1n) is 6.51. The second-order valence-electron chi connectivity index (χ2n) is 4.88. The van der Waals surface area contributed by atoms with Gasteiger partial charge in [0.2, 0.25) is 0 Å². The minimum atomic E-state index is -0.928. The molecule has 20 heavy (non-hydrogen) atoms. The van der Waals surface area contributed by atoms with Crippen LogP contribution in [0.3, 0.4) is 0 Å². The van der Waals surface area contributed by atoms with E-state index in [4.69, 9.17) is 5.11 Å². The lowest BCUT2D eigenvalue weighted by Crippen LogP contribution is -2.44. The number of carboxylic acids is 1. The summed E-state index contributed by atoms with van der Waals surface area (Å²) < 4.78 is 13.7. The number of nitrogens with zero attached hydrogens (tertiary/aromatic N) is 2. The molecule has 0 spiro atoms. The van der Waals surface area contributed by atoms with Crippen molar-refractivity contribution >= 4 is 17.7 Å². The number of hydrogen-bond acceptors (Lipinski definition) is 2. The fourth-order valence-corrected chi connectivity index (χ4v) is 2.52. The molecular formula is C14H17FN2O3. The Hall–Kier alpha value is -2.11. The maximum Gasteiger partial charge on any atom is 0.324 e. The average molecular weight is 280 g/mol. The molecule has 0 aromatic heterocycles. The molecule has 2 rings (SSSR count). The van der Waals surface area contributed by atoms with E-state index in [-0.39, 0.29) is 24.2 Å². The number of benzene rings is 1. The molecule has 0 bridgehead atoms. The second-order valence-corrected chi connectivity index (χ2v) is 4.88. The highest BCUT2D eigenvalue weighted by molar-refractivity contribution is 5.92. The van der Waals surface area contributed by atoms with Gasteiger partial charge in [-0.15, -0.1) is 0 Å². The number of aliphatic carboxylic acids is 1. The van der Waals surface area contributed by atoms with Crippen molar-refractivity contribution in [2.45, 2.75) is 25.3 Å². The van der Waals surface area contributed by atoms with E-state index in [1.165, 1.54) is 29.0 Å². The highest BCUT2D eigenvalue weighted by Gasteiger charge is 2.32. The molecule has 1 unspecified atom stereocenters. The quantitative estimate of drug-likeness (QED) is 0.924. The summed E-state index contributed by atoms with van der Waals surface area (Å²) in [6, 6.07) is 5.35. The van der Waals surface area contributed by atoms with Crippen LogP contribution in [0.5, 0.6) is 0 Å². The number of carbonyl (C=O) groups is 2. The smallest absolute Gasteiger partial charge is 0.324 e. The second kappa shape index (κ2) is 5.90. The topological polar surface area (TPSA) is 60.9 Å². The van der Waals surface area contributed by atoms with Gasteiger partial charge in [-0.3, -0.25) is 9.69 Å². The van der Waals surface area contributed by atoms with Gasteiger partial charge in [0.25, 0.3) is 0 Å². The number of carbonyl (C=O) groups excluding carboxylic acids is 1. The first-order valence-corrected chi connectivity index (χ1v) is 6.51. The molecule has 1 aliphatic heterocycles. The monoisotopic (exact) mass is 280 g/mol. The Labute approximate surface area is 116 Å². The standard InChI is InChI=1S/C14H17FN2O3/c1-16(12-7-3-2-6-11(12)15)14(20)17-8-4-5-10(17)9-13(18)19/h2-3,6-7,10H,4-5,8-9H2,1H3,(H,18,19). The maximum atomic E-state index is 13.7. The molecule has 108 valence electrons. The van der Waals surface area contributed by atoms with Gasteiger partial charge >= 0.3 is 12.0 Å². The lowest BCUT2D eigenvalue weighted by atomic mass is 10.1. The van der Waals surface area contributed by atoms with Crippen molar-refractivity contribution in [2.24, 2.45) is 0 Å². The van der Waals surface area contributed by atoms with Crippen molar-refractivity contribution in [3.8, 4) is 0 Å². The fourth-order valence-electron chi connectivity index (χ4n) is 2.52. The predicted octanol–water partition coefficient (Wildman–Crippen LogP) is 2.32. The molecule has 6 heteroatoms.